The SMILES string of the molecule is NCc1nc(OC(F)(F)F)c(O)cc1C(F)F. The Morgan fingerprint density at radius 1 is 1.41 bits per heavy atom. The van der Waals surface area contributed by atoms with Crippen molar-refractivity contribution >= 4 is 0 Å². The summed E-state index contributed by atoms with van der Waals surface area (Å²) in [6.45, 7) is -0.506. The topological polar surface area (TPSA) is 68.4 Å². The van der Waals surface area contributed by atoms with Crippen LogP contribution < -0.4 is 10.5 Å². The number of hydrogen-bond acceptors (Lipinski definition) is 4. The lowest BCUT2D eigenvalue weighted by molar-refractivity contribution is -0.276. The fraction of sp³-hybridized carbons (Fsp3) is 0.375. The number of halogens is 5. The summed E-state index contributed by atoms with van der Waals surface area (Å²) in [5.41, 5.74) is 3.85. The Balaban J connectivity index is 3.18. The molecule has 0 radical (unpaired) electrons. The van der Waals surface area contributed by atoms with Crippen LogP contribution >= 0.6 is 0 Å². The molecule has 1 aromatic heterocycles. The lowest BCUT2D eigenvalue weighted by Gasteiger charge is -2.12. The van der Waals surface area contributed by atoms with Crippen LogP contribution in [-0.4, -0.2) is 16.5 Å². The summed E-state index contributed by atoms with van der Waals surface area (Å²) in [5.74, 6) is -2.34. The van der Waals surface area contributed by atoms with E-state index in [4.69, 9.17) is 10.8 Å². The zero-order valence-electron chi connectivity index (χ0n) is 8.13. The van der Waals surface area contributed by atoms with Crippen molar-refractivity contribution in [1.29, 1.82) is 0 Å². The second-order valence-corrected chi connectivity index (χ2v) is 2.90. The van der Waals surface area contributed by atoms with Crippen LogP contribution in [0.3, 0.4) is 0 Å². The Morgan fingerprint density at radius 2 is 2.00 bits per heavy atom. The van der Waals surface area contributed by atoms with Gasteiger partial charge >= 0.3 is 6.36 Å². The Morgan fingerprint density at radius 3 is 2.41 bits per heavy atom. The van der Waals surface area contributed by atoms with Gasteiger partial charge in [0, 0.05) is 12.1 Å². The molecule has 0 fully saturated rings. The van der Waals surface area contributed by atoms with Gasteiger partial charge in [-0.2, -0.15) is 0 Å². The molecule has 17 heavy (non-hydrogen) atoms. The number of aromatic hydroxyl groups is 1. The normalized spacial score (nSPS) is 11.9. The van der Waals surface area contributed by atoms with Gasteiger partial charge in [0.05, 0.1) is 5.69 Å². The Kier molecular flexibility index (Phi) is 3.71. The van der Waals surface area contributed by atoms with E-state index in [0.29, 0.717) is 6.07 Å². The number of nitrogens with two attached hydrogens (primary N) is 1. The second-order valence-electron chi connectivity index (χ2n) is 2.90. The average Bonchev–Trinajstić information content (AvgIpc) is 2.18. The van der Waals surface area contributed by atoms with Crippen LogP contribution in [0.5, 0.6) is 11.6 Å². The predicted molar refractivity (Wildman–Crippen MR) is 45.4 cm³/mol. The molecule has 1 aromatic rings. The molecular formula is C8H7F5N2O2. The van der Waals surface area contributed by atoms with Crippen LogP contribution in [0.15, 0.2) is 6.07 Å². The van der Waals surface area contributed by atoms with Gasteiger partial charge < -0.3 is 15.6 Å². The summed E-state index contributed by atoms with van der Waals surface area (Å²) in [6.07, 6.45) is -8.09. The van der Waals surface area contributed by atoms with Crippen molar-refractivity contribution in [2.45, 2.75) is 19.3 Å². The zero-order valence-corrected chi connectivity index (χ0v) is 8.13. The Labute approximate surface area is 91.8 Å². The highest BCUT2D eigenvalue weighted by Gasteiger charge is 2.34. The lowest BCUT2D eigenvalue weighted by Crippen LogP contribution is -2.19. The van der Waals surface area contributed by atoms with Crippen LogP contribution in [-0.2, 0) is 6.54 Å². The molecule has 3 N–H and O–H groups in total. The molecule has 0 bridgehead atoms. The van der Waals surface area contributed by atoms with E-state index in [2.05, 4.69) is 9.72 Å². The van der Waals surface area contributed by atoms with Crippen molar-refractivity contribution in [3.63, 3.8) is 0 Å². The van der Waals surface area contributed by atoms with Crippen LogP contribution in [0.4, 0.5) is 22.0 Å². The van der Waals surface area contributed by atoms with Crippen LogP contribution in [0.2, 0.25) is 0 Å². The third kappa shape index (κ3) is 3.41. The molecule has 0 atom stereocenters. The zero-order chi connectivity index (χ0) is 13.2. The summed E-state index contributed by atoms with van der Waals surface area (Å²) in [4.78, 5) is 3.10. The minimum absolute atomic E-state index is 0.445. The van der Waals surface area contributed by atoms with E-state index in [1.807, 2.05) is 0 Å². The molecule has 1 rings (SSSR count). The van der Waals surface area contributed by atoms with E-state index in [-0.39, 0.29) is 0 Å². The van der Waals surface area contributed by atoms with Crippen molar-refractivity contribution in [2.24, 2.45) is 5.73 Å². The summed E-state index contributed by atoms with van der Waals surface area (Å²) in [6, 6.07) is 0.445. The number of hydrogen-bond donors (Lipinski definition) is 2. The summed E-state index contributed by atoms with van der Waals surface area (Å²) in [7, 11) is 0. The number of alkyl halides is 5. The molecule has 0 spiro atoms. The van der Waals surface area contributed by atoms with Crippen LogP contribution in [0, 0.1) is 0 Å². The maximum atomic E-state index is 12.4. The number of nitrogens with zero attached hydrogens (tertiary/aromatic N) is 1. The van der Waals surface area contributed by atoms with Gasteiger partial charge in [-0.3, -0.25) is 0 Å². The molecule has 0 aliphatic heterocycles. The van der Waals surface area contributed by atoms with Crippen molar-refractivity contribution in [3.05, 3.63) is 17.3 Å². The minimum Gasteiger partial charge on any atom is -0.503 e. The van der Waals surface area contributed by atoms with Crippen molar-refractivity contribution < 1.29 is 31.8 Å². The average molecular weight is 258 g/mol. The van der Waals surface area contributed by atoms with Gasteiger partial charge in [-0.05, 0) is 6.07 Å². The van der Waals surface area contributed by atoms with E-state index in [0.717, 1.165) is 0 Å². The van der Waals surface area contributed by atoms with E-state index >= 15 is 0 Å². The van der Waals surface area contributed by atoms with E-state index in [1.165, 1.54) is 0 Å². The first-order valence-electron chi connectivity index (χ1n) is 4.21. The summed E-state index contributed by atoms with van der Waals surface area (Å²) >= 11 is 0. The fourth-order valence-electron chi connectivity index (χ4n) is 1.07. The Hall–Kier alpha value is -1.64. The largest absolute Gasteiger partial charge is 0.574 e. The first-order chi connectivity index (χ1) is 7.74. The molecule has 9 heteroatoms. The number of rotatable bonds is 3. The van der Waals surface area contributed by atoms with Crippen molar-refractivity contribution in [2.75, 3.05) is 0 Å². The third-order valence-corrected chi connectivity index (χ3v) is 1.72. The molecule has 0 unspecified atom stereocenters. The highest BCUT2D eigenvalue weighted by atomic mass is 19.4. The van der Waals surface area contributed by atoms with Crippen molar-refractivity contribution in [1.82, 2.24) is 4.98 Å². The summed E-state index contributed by atoms with van der Waals surface area (Å²) < 4.78 is 63.7. The summed E-state index contributed by atoms with van der Waals surface area (Å²) in [5, 5.41) is 9.06. The third-order valence-electron chi connectivity index (χ3n) is 1.72. The van der Waals surface area contributed by atoms with Gasteiger partial charge in [0.2, 0.25) is 0 Å². The monoisotopic (exact) mass is 258 g/mol. The van der Waals surface area contributed by atoms with Gasteiger partial charge in [0.15, 0.2) is 5.75 Å². The number of aromatic nitrogens is 1. The van der Waals surface area contributed by atoms with Gasteiger partial charge in [-0.25, -0.2) is 13.8 Å². The van der Waals surface area contributed by atoms with Gasteiger partial charge in [0.1, 0.15) is 0 Å². The van der Waals surface area contributed by atoms with E-state index in [9.17, 15) is 22.0 Å². The fourth-order valence-corrected chi connectivity index (χ4v) is 1.07. The minimum atomic E-state index is -5.08. The molecule has 0 aliphatic carbocycles. The molecule has 4 nitrogen and oxygen atoms in total. The van der Waals surface area contributed by atoms with Gasteiger partial charge in [0.25, 0.3) is 12.3 Å². The molecule has 0 saturated heterocycles. The Bertz CT molecular complexity index is 408. The smallest absolute Gasteiger partial charge is 0.503 e. The number of pyridine rings is 1. The van der Waals surface area contributed by atoms with E-state index in [1.54, 1.807) is 0 Å². The molecule has 96 valence electrons. The molecule has 0 saturated carbocycles. The maximum Gasteiger partial charge on any atom is 0.574 e. The lowest BCUT2D eigenvalue weighted by atomic mass is 10.2. The predicted octanol–water partition coefficient (Wildman–Crippen LogP) is 2.08. The maximum absolute atomic E-state index is 12.4. The van der Waals surface area contributed by atoms with Gasteiger partial charge in [-0.15, -0.1) is 13.2 Å². The van der Waals surface area contributed by atoms with Gasteiger partial charge in [-0.1, -0.05) is 0 Å². The first kappa shape index (κ1) is 13.4. The molecule has 0 aliphatic rings. The second kappa shape index (κ2) is 4.70. The van der Waals surface area contributed by atoms with Crippen molar-refractivity contribution in [3.8, 4) is 11.6 Å². The van der Waals surface area contributed by atoms with Crippen LogP contribution in [0.25, 0.3) is 0 Å². The molecular weight excluding hydrogens is 251 g/mol. The van der Waals surface area contributed by atoms with Crippen LogP contribution in [0.1, 0.15) is 17.7 Å². The molecule has 1 heterocycles. The quantitative estimate of drug-likeness (QED) is 0.814. The highest BCUT2D eigenvalue weighted by Crippen LogP contribution is 2.34. The molecule has 0 amide bonds. The molecule has 0 aromatic carbocycles. The number of ether oxygens (including phenoxy) is 1. The van der Waals surface area contributed by atoms with E-state index < -0.39 is 42.2 Å². The highest BCUT2D eigenvalue weighted by molar-refractivity contribution is 5.39. The first-order valence-corrected chi connectivity index (χ1v) is 4.21. The standard InChI is InChI=1S/C8H7F5N2O2/c9-6(10)3-1-5(16)7(15-4(3)2-14)17-8(11,12)13/h1,6,16H,2,14H2.